The second kappa shape index (κ2) is 8.10. The molecular weight excluding hydrogens is 226 g/mol. The first kappa shape index (κ1) is 15.9. The predicted molar refractivity (Wildman–Crippen MR) is 77.1 cm³/mol. The van der Waals surface area contributed by atoms with Crippen LogP contribution in [0.2, 0.25) is 0 Å². The van der Waals surface area contributed by atoms with Crippen LogP contribution in [0.25, 0.3) is 0 Å². The molecule has 2 unspecified atom stereocenters. The fourth-order valence-corrected chi connectivity index (χ4v) is 2.77. The Labute approximate surface area is 113 Å². The Morgan fingerprint density at radius 1 is 1.33 bits per heavy atom. The molecule has 0 aromatic heterocycles. The number of ether oxygens (including phenoxy) is 1. The normalized spacial score (nSPS) is 25.3. The molecule has 0 radical (unpaired) electrons. The maximum absolute atomic E-state index is 5.41. The fourth-order valence-electron chi connectivity index (χ4n) is 2.77. The lowest BCUT2D eigenvalue weighted by atomic mass is 10.1. The average Bonchev–Trinajstić information content (AvgIpc) is 2.45. The van der Waals surface area contributed by atoms with Crippen molar-refractivity contribution >= 4 is 0 Å². The largest absolute Gasteiger partial charge is 0.383 e. The topological polar surface area (TPSA) is 27.7 Å². The van der Waals surface area contributed by atoms with Crippen LogP contribution in [0, 0.1) is 0 Å². The van der Waals surface area contributed by atoms with Crippen molar-refractivity contribution in [2.45, 2.75) is 45.3 Å². The number of methoxy groups -OCH3 is 1. The number of hydrogen-bond acceptors (Lipinski definition) is 4. The monoisotopic (exact) mass is 257 g/mol. The Hall–Kier alpha value is -0.160. The molecule has 4 heteroatoms. The molecule has 1 aliphatic rings. The van der Waals surface area contributed by atoms with Gasteiger partial charge < -0.3 is 15.0 Å². The third-order valence-electron chi connectivity index (χ3n) is 3.69. The van der Waals surface area contributed by atoms with Gasteiger partial charge in [-0.2, -0.15) is 0 Å². The zero-order valence-electron chi connectivity index (χ0n) is 12.8. The minimum Gasteiger partial charge on any atom is -0.383 e. The van der Waals surface area contributed by atoms with Gasteiger partial charge in [0, 0.05) is 44.9 Å². The highest BCUT2D eigenvalue weighted by molar-refractivity contribution is 4.83. The standard InChI is InChI=1S/C14H31N3O/c1-12(2)15-9-14(11-18-5)17-8-6-7-16(4)10-13(17)3/h12-15H,6-11H2,1-5H3. The number of hydrogen-bond donors (Lipinski definition) is 1. The van der Waals surface area contributed by atoms with Crippen molar-refractivity contribution in [2.24, 2.45) is 0 Å². The van der Waals surface area contributed by atoms with Gasteiger partial charge in [0.1, 0.15) is 0 Å². The van der Waals surface area contributed by atoms with Crippen molar-refractivity contribution in [1.82, 2.24) is 15.1 Å². The van der Waals surface area contributed by atoms with Crippen molar-refractivity contribution in [1.29, 1.82) is 0 Å². The quantitative estimate of drug-likeness (QED) is 0.769. The minimum absolute atomic E-state index is 0.485. The zero-order valence-corrected chi connectivity index (χ0v) is 12.8. The molecule has 1 heterocycles. The van der Waals surface area contributed by atoms with E-state index in [4.69, 9.17) is 4.74 Å². The summed E-state index contributed by atoms with van der Waals surface area (Å²) in [5.41, 5.74) is 0. The van der Waals surface area contributed by atoms with Crippen LogP contribution in [0.15, 0.2) is 0 Å². The van der Waals surface area contributed by atoms with Crippen molar-refractivity contribution in [2.75, 3.05) is 46.9 Å². The molecule has 0 saturated carbocycles. The molecule has 1 rings (SSSR count). The van der Waals surface area contributed by atoms with Gasteiger partial charge in [0.05, 0.1) is 6.61 Å². The van der Waals surface area contributed by atoms with E-state index in [0.29, 0.717) is 18.1 Å². The zero-order chi connectivity index (χ0) is 13.5. The van der Waals surface area contributed by atoms with E-state index in [1.54, 1.807) is 7.11 Å². The Morgan fingerprint density at radius 2 is 2.06 bits per heavy atom. The van der Waals surface area contributed by atoms with Gasteiger partial charge in [-0.05, 0) is 26.9 Å². The summed E-state index contributed by atoms with van der Waals surface area (Å²) in [6.07, 6.45) is 1.25. The van der Waals surface area contributed by atoms with Gasteiger partial charge in [0.15, 0.2) is 0 Å². The highest BCUT2D eigenvalue weighted by atomic mass is 16.5. The molecule has 1 saturated heterocycles. The first-order chi connectivity index (χ1) is 8.54. The van der Waals surface area contributed by atoms with Gasteiger partial charge in [-0.15, -0.1) is 0 Å². The smallest absolute Gasteiger partial charge is 0.0630 e. The Morgan fingerprint density at radius 3 is 2.67 bits per heavy atom. The van der Waals surface area contributed by atoms with Crippen molar-refractivity contribution in [3.63, 3.8) is 0 Å². The van der Waals surface area contributed by atoms with Gasteiger partial charge in [-0.3, -0.25) is 4.90 Å². The molecular formula is C14H31N3O. The highest BCUT2D eigenvalue weighted by Gasteiger charge is 2.26. The third kappa shape index (κ3) is 5.22. The van der Waals surface area contributed by atoms with Crippen molar-refractivity contribution in [3.8, 4) is 0 Å². The van der Waals surface area contributed by atoms with E-state index >= 15 is 0 Å². The van der Waals surface area contributed by atoms with E-state index in [1.807, 2.05) is 0 Å². The molecule has 0 aliphatic carbocycles. The lowest BCUT2D eigenvalue weighted by molar-refractivity contribution is 0.0651. The Balaban J connectivity index is 2.58. The van der Waals surface area contributed by atoms with E-state index in [-0.39, 0.29) is 0 Å². The highest BCUT2D eigenvalue weighted by Crippen LogP contribution is 2.12. The van der Waals surface area contributed by atoms with Crippen LogP contribution in [0.4, 0.5) is 0 Å². The average molecular weight is 257 g/mol. The molecule has 0 spiro atoms. The van der Waals surface area contributed by atoms with Crippen LogP contribution < -0.4 is 5.32 Å². The first-order valence-corrected chi connectivity index (χ1v) is 7.21. The number of likely N-dealkylation sites (N-methyl/N-ethyl adjacent to an activating group) is 1. The lowest BCUT2D eigenvalue weighted by Gasteiger charge is -2.35. The van der Waals surface area contributed by atoms with Crippen molar-refractivity contribution in [3.05, 3.63) is 0 Å². The second-order valence-corrected chi connectivity index (χ2v) is 5.87. The minimum atomic E-state index is 0.485. The Bertz CT molecular complexity index is 223. The fraction of sp³-hybridized carbons (Fsp3) is 1.00. The van der Waals surface area contributed by atoms with Crippen LogP contribution in [0.3, 0.4) is 0 Å². The first-order valence-electron chi connectivity index (χ1n) is 7.21. The molecule has 4 nitrogen and oxygen atoms in total. The van der Waals surface area contributed by atoms with Crippen LogP contribution in [0.1, 0.15) is 27.2 Å². The summed E-state index contributed by atoms with van der Waals surface area (Å²) < 4.78 is 5.41. The summed E-state index contributed by atoms with van der Waals surface area (Å²) in [6.45, 7) is 12.1. The van der Waals surface area contributed by atoms with Crippen LogP contribution in [-0.4, -0.2) is 74.9 Å². The van der Waals surface area contributed by atoms with Crippen molar-refractivity contribution < 1.29 is 4.74 Å². The van der Waals surface area contributed by atoms with Gasteiger partial charge in [0.2, 0.25) is 0 Å². The summed E-state index contributed by atoms with van der Waals surface area (Å²) in [5.74, 6) is 0. The van der Waals surface area contributed by atoms with Gasteiger partial charge in [-0.25, -0.2) is 0 Å². The second-order valence-electron chi connectivity index (χ2n) is 5.87. The molecule has 1 N–H and O–H groups in total. The molecule has 0 aromatic rings. The van der Waals surface area contributed by atoms with E-state index in [0.717, 1.165) is 19.7 Å². The third-order valence-corrected chi connectivity index (χ3v) is 3.69. The molecule has 0 aromatic carbocycles. The van der Waals surface area contributed by atoms with Gasteiger partial charge in [-0.1, -0.05) is 13.8 Å². The lowest BCUT2D eigenvalue weighted by Crippen LogP contribution is -2.51. The number of rotatable bonds is 6. The van der Waals surface area contributed by atoms with Crippen LogP contribution in [-0.2, 0) is 4.74 Å². The van der Waals surface area contributed by atoms with E-state index in [2.05, 4.69) is 42.9 Å². The SMILES string of the molecule is COCC(CNC(C)C)N1CCCN(C)CC1C. The molecule has 18 heavy (non-hydrogen) atoms. The summed E-state index contributed by atoms with van der Waals surface area (Å²) in [6, 6.07) is 1.62. The van der Waals surface area contributed by atoms with Crippen LogP contribution >= 0.6 is 0 Å². The van der Waals surface area contributed by atoms with Gasteiger partial charge in [0.25, 0.3) is 0 Å². The van der Waals surface area contributed by atoms with Gasteiger partial charge >= 0.3 is 0 Å². The molecule has 1 fully saturated rings. The summed E-state index contributed by atoms with van der Waals surface area (Å²) >= 11 is 0. The maximum atomic E-state index is 5.41. The number of nitrogens with one attached hydrogen (secondary N) is 1. The molecule has 0 amide bonds. The predicted octanol–water partition coefficient (Wildman–Crippen LogP) is 1.03. The van der Waals surface area contributed by atoms with E-state index in [1.165, 1.54) is 19.5 Å². The van der Waals surface area contributed by atoms with Crippen LogP contribution in [0.5, 0.6) is 0 Å². The molecule has 2 atom stereocenters. The summed E-state index contributed by atoms with van der Waals surface area (Å²) in [5, 5.41) is 3.54. The molecule has 108 valence electrons. The Kier molecular flexibility index (Phi) is 7.15. The van der Waals surface area contributed by atoms with E-state index in [9.17, 15) is 0 Å². The molecule has 1 aliphatic heterocycles. The number of nitrogens with zero attached hydrogens (tertiary/aromatic N) is 2. The summed E-state index contributed by atoms with van der Waals surface area (Å²) in [7, 11) is 4.02. The van der Waals surface area contributed by atoms with E-state index < -0.39 is 0 Å². The summed E-state index contributed by atoms with van der Waals surface area (Å²) in [4.78, 5) is 5.05. The maximum Gasteiger partial charge on any atom is 0.0630 e. The molecule has 0 bridgehead atoms.